The van der Waals surface area contributed by atoms with E-state index in [1.54, 1.807) is 16.5 Å². The number of aromatic nitrogens is 2. The Bertz CT molecular complexity index is 533. The second kappa shape index (κ2) is 4.36. The Labute approximate surface area is 111 Å². The number of nitrogens with one attached hydrogen (secondary N) is 1. The van der Waals surface area contributed by atoms with Crippen LogP contribution < -0.4 is 10.2 Å². The van der Waals surface area contributed by atoms with Crippen molar-refractivity contribution < 1.29 is 9.59 Å². The van der Waals surface area contributed by atoms with Crippen LogP contribution in [0, 0.1) is 6.92 Å². The molecule has 2 amide bonds. The van der Waals surface area contributed by atoms with Gasteiger partial charge in [0.15, 0.2) is 0 Å². The second-order valence-corrected chi connectivity index (χ2v) is 5.34. The smallest absolute Gasteiger partial charge is 0.243 e. The number of aryl methyl sites for hydroxylation is 2. The zero-order valence-electron chi connectivity index (χ0n) is 11.2. The number of hydrogen-bond acceptors (Lipinski definition) is 3. The molecule has 1 aromatic rings. The molecule has 6 nitrogen and oxygen atoms in total. The molecule has 19 heavy (non-hydrogen) atoms. The van der Waals surface area contributed by atoms with Crippen molar-refractivity contribution in [2.45, 2.75) is 51.7 Å². The van der Waals surface area contributed by atoms with E-state index >= 15 is 0 Å². The van der Waals surface area contributed by atoms with Crippen LogP contribution in [0.15, 0.2) is 6.07 Å². The van der Waals surface area contributed by atoms with Crippen LogP contribution in [0.3, 0.4) is 0 Å². The lowest BCUT2D eigenvalue weighted by Gasteiger charge is -2.31. The minimum Gasteiger partial charge on any atom is -0.352 e. The third-order valence-electron chi connectivity index (χ3n) is 3.62. The summed E-state index contributed by atoms with van der Waals surface area (Å²) in [6.07, 6.45) is 2.49. The fourth-order valence-electron chi connectivity index (χ4n) is 2.42. The molecular weight excluding hydrogens is 244 g/mol. The molecule has 0 saturated heterocycles. The first-order valence-electron chi connectivity index (χ1n) is 6.73. The first-order chi connectivity index (χ1) is 9.06. The molecule has 1 saturated carbocycles. The van der Waals surface area contributed by atoms with Gasteiger partial charge in [-0.25, -0.2) is 4.68 Å². The van der Waals surface area contributed by atoms with Crippen molar-refractivity contribution in [3.63, 3.8) is 0 Å². The van der Waals surface area contributed by atoms with Gasteiger partial charge in [-0.1, -0.05) is 0 Å². The van der Waals surface area contributed by atoms with Crippen LogP contribution >= 0.6 is 0 Å². The zero-order valence-corrected chi connectivity index (χ0v) is 11.2. The summed E-state index contributed by atoms with van der Waals surface area (Å²) in [6, 6.07) is 1.68. The number of carbonyl (C=O) groups is 2. The molecule has 0 aromatic carbocycles. The average molecular weight is 262 g/mol. The van der Waals surface area contributed by atoms with Crippen LogP contribution in [0.25, 0.3) is 0 Å². The van der Waals surface area contributed by atoms with Crippen LogP contribution in [0.5, 0.6) is 0 Å². The minimum absolute atomic E-state index is 0.00848. The van der Waals surface area contributed by atoms with Crippen molar-refractivity contribution in [1.29, 1.82) is 0 Å². The van der Waals surface area contributed by atoms with Crippen molar-refractivity contribution in [1.82, 2.24) is 15.1 Å². The molecule has 0 spiro atoms. The first kappa shape index (κ1) is 12.2. The SMILES string of the molecule is Cc1cc2n(n1)CCC(=O)N2C(C)C(=O)NC1CC1. The third kappa shape index (κ3) is 2.22. The predicted molar refractivity (Wildman–Crippen MR) is 69.7 cm³/mol. The average Bonchev–Trinajstić information content (AvgIpc) is 3.08. The van der Waals surface area contributed by atoms with E-state index in [1.165, 1.54) is 0 Å². The fourth-order valence-corrected chi connectivity index (χ4v) is 2.42. The molecule has 3 rings (SSSR count). The molecular formula is C13H18N4O2. The van der Waals surface area contributed by atoms with Gasteiger partial charge >= 0.3 is 0 Å². The van der Waals surface area contributed by atoms with Crippen LogP contribution in [-0.2, 0) is 16.1 Å². The fraction of sp³-hybridized carbons (Fsp3) is 0.615. The summed E-state index contributed by atoms with van der Waals surface area (Å²) >= 11 is 0. The molecule has 0 radical (unpaired) electrons. The van der Waals surface area contributed by atoms with Gasteiger partial charge in [-0.15, -0.1) is 0 Å². The molecule has 2 aliphatic rings. The predicted octanol–water partition coefficient (Wildman–Crippen LogP) is 0.595. The molecule has 0 bridgehead atoms. The van der Waals surface area contributed by atoms with Crippen molar-refractivity contribution in [2.24, 2.45) is 0 Å². The molecule has 102 valence electrons. The molecule has 1 N–H and O–H groups in total. The Morgan fingerprint density at radius 2 is 2.26 bits per heavy atom. The molecule has 1 unspecified atom stereocenters. The van der Waals surface area contributed by atoms with E-state index in [0.717, 1.165) is 24.4 Å². The number of nitrogens with zero attached hydrogens (tertiary/aromatic N) is 3. The van der Waals surface area contributed by atoms with Crippen LogP contribution in [0.4, 0.5) is 5.82 Å². The maximum Gasteiger partial charge on any atom is 0.243 e. The van der Waals surface area contributed by atoms with E-state index < -0.39 is 6.04 Å². The highest BCUT2D eigenvalue weighted by molar-refractivity contribution is 6.00. The number of rotatable bonds is 3. The summed E-state index contributed by atoms with van der Waals surface area (Å²) in [7, 11) is 0. The van der Waals surface area contributed by atoms with Gasteiger partial charge in [-0.05, 0) is 26.7 Å². The van der Waals surface area contributed by atoms with Gasteiger partial charge in [0.2, 0.25) is 11.8 Å². The second-order valence-electron chi connectivity index (χ2n) is 5.34. The molecule has 1 fully saturated rings. The maximum atomic E-state index is 12.1. The first-order valence-corrected chi connectivity index (χ1v) is 6.73. The van der Waals surface area contributed by atoms with E-state index in [9.17, 15) is 9.59 Å². The quantitative estimate of drug-likeness (QED) is 0.867. The molecule has 1 aliphatic carbocycles. The summed E-state index contributed by atoms with van der Waals surface area (Å²) in [5, 5.41) is 7.29. The van der Waals surface area contributed by atoms with Crippen molar-refractivity contribution in [2.75, 3.05) is 4.90 Å². The monoisotopic (exact) mass is 262 g/mol. The van der Waals surface area contributed by atoms with Gasteiger partial charge < -0.3 is 5.32 Å². The van der Waals surface area contributed by atoms with Crippen molar-refractivity contribution >= 4 is 17.6 Å². The number of anilines is 1. The van der Waals surface area contributed by atoms with Crippen LogP contribution in [0.2, 0.25) is 0 Å². The Morgan fingerprint density at radius 1 is 1.53 bits per heavy atom. The highest BCUT2D eigenvalue weighted by atomic mass is 16.2. The number of amides is 2. The van der Waals surface area contributed by atoms with E-state index in [-0.39, 0.29) is 11.8 Å². The largest absolute Gasteiger partial charge is 0.352 e. The van der Waals surface area contributed by atoms with Crippen LogP contribution in [-0.4, -0.2) is 33.7 Å². The van der Waals surface area contributed by atoms with E-state index in [1.807, 2.05) is 13.0 Å². The molecule has 2 heterocycles. The maximum absolute atomic E-state index is 12.1. The van der Waals surface area contributed by atoms with Gasteiger partial charge in [0.25, 0.3) is 0 Å². The molecule has 1 aliphatic heterocycles. The molecule has 6 heteroatoms. The van der Waals surface area contributed by atoms with Crippen LogP contribution in [0.1, 0.15) is 31.9 Å². The van der Waals surface area contributed by atoms with Crippen molar-refractivity contribution in [3.8, 4) is 0 Å². The normalized spacial score (nSPS) is 20.1. The number of fused-ring (bicyclic) bond motifs is 1. The summed E-state index contributed by atoms with van der Waals surface area (Å²) in [4.78, 5) is 25.8. The summed E-state index contributed by atoms with van der Waals surface area (Å²) < 4.78 is 1.80. The lowest BCUT2D eigenvalue weighted by molar-refractivity contribution is -0.126. The minimum atomic E-state index is -0.483. The van der Waals surface area contributed by atoms with Gasteiger partial charge in [0.05, 0.1) is 12.2 Å². The lowest BCUT2D eigenvalue weighted by atomic mass is 10.2. The van der Waals surface area contributed by atoms with Gasteiger partial charge in [-0.2, -0.15) is 5.10 Å². The van der Waals surface area contributed by atoms with E-state index in [2.05, 4.69) is 10.4 Å². The van der Waals surface area contributed by atoms with Gasteiger partial charge in [-0.3, -0.25) is 14.5 Å². The Kier molecular flexibility index (Phi) is 2.80. The summed E-state index contributed by atoms with van der Waals surface area (Å²) in [5.74, 6) is 0.640. The highest BCUT2D eigenvalue weighted by Gasteiger charge is 2.35. The third-order valence-corrected chi connectivity index (χ3v) is 3.62. The highest BCUT2D eigenvalue weighted by Crippen LogP contribution is 2.25. The zero-order chi connectivity index (χ0) is 13.6. The topological polar surface area (TPSA) is 67.2 Å². The van der Waals surface area contributed by atoms with Gasteiger partial charge in [0.1, 0.15) is 11.9 Å². The van der Waals surface area contributed by atoms with E-state index in [0.29, 0.717) is 19.0 Å². The molecule has 1 atom stereocenters. The molecule has 1 aromatic heterocycles. The Hall–Kier alpha value is -1.85. The number of hydrogen-bond donors (Lipinski definition) is 1. The van der Waals surface area contributed by atoms with Gasteiger partial charge in [0, 0.05) is 18.5 Å². The Balaban J connectivity index is 1.85. The summed E-state index contributed by atoms with van der Waals surface area (Å²) in [6.45, 7) is 4.26. The Morgan fingerprint density at radius 3 is 2.95 bits per heavy atom. The van der Waals surface area contributed by atoms with Crippen molar-refractivity contribution in [3.05, 3.63) is 11.8 Å². The summed E-state index contributed by atoms with van der Waals surface area (Å²) in [5.41, 5.74) is 0.865. The standard InChI is InChI=1S/C13H18N4O2/c1-8-7-11-16(15-8)6-5-12(18)17(11)9(2)13(19)14-10-3-4-10/h7,9-10H,3-6H2,1-2H3,(H,14,19). The van der Waals surface area contributed by atoms with E-state index in [4.69, 9.17) is 0 Å². The number of carbonyl (C=O) groups excluding carboxylic acids is 2. The lowest BCUT2D eigenvalue weighted by Crippen LogP contribution is -2.51.